The summed E-state index contributed by atoms with van der Waals surface area (Å²) in [5.74, 6) is 0.713. The van der Waals surface area contributed by atoms with E-state index in [9.17, 15) is 8.78 Å². The predicted molar refractivity (Wildman–Crippen MR) is 60.2 cm³/mol. The van der Waals surface area contributed by atoms with Crippen LogP contribution in [-0.2, 0) is 0 Å². The second-order valence-corrected chi connectivity index (χ2v) is 4.50. The topological polar surface area (TPSA) is 0 Å². The van der Waals surface area contributed by atoms with E-state index in [2.05, 4.69) is 12.6 Å². The lowest BCUT2D eigenvalue weighted by atomic mass is 10.3. The van der Waals surface area contributed by atoms with Gasteiger partial charge in [-0.3, -0.25) is 0 Å². The minimum Gasteiger partial charge on any atom is -0.207 e. The molecule has 14 heavy (non-hydrogen) atoms. The van der Waals surface area contributed by atoms with E-state index in [0.29, 0.717) is 4.90 Å². The van der Waals surface area contributed by atoms with Gasteiger partial charge in [-0.15, -0.1) is 11.8 Å². The fraction of sp³-hybridized carbons (Fsp3) is 0.400. The van der Waals surface area contributed by atoms with Gasteiger partial charge in [0.2, 0.25) is 0 Å². The first-order chi connectivity index (χ1) is 6.72. The molecule has 0 saturated heterocycles. The highest BCUT2D eigenvalue weighted by atomic mass is 32.2. The van der Waals surface area contributed by atoms with Crippen LogP contribution in [0.3, 0.4) is 0 Å². The Morgan fingerprint density at radius 3 is 2.29 bits per heavy atom. The summed E-state index contributed by atoms with van der Waals surface area (Å²) in [6, 6.07) is 3.60. The molecule has 0 aliphatic carbocycles. The first kappa shape index (κ1) is 11.9. The number of thioether (sulfide) groups is 1. The molecule has 0 amide bonds. The number of hydrogen-bond acceptors (Lipinski definition) is 2. The molecule has 0 bridgehead atoms. The van der Waals surface area contributed by atoms with Crippen molar-refractivity contribution in [1.29, 1.82) is 0 Å². The molecule has 0 aromatic heterocycles. The zero-order chi connectivity index (χ0) is 10.4. The van der Waals surface area contributed by atoms with E-state index in [0.717, 1.165) is 30.4 Å². The van der Waals surface area contributed by atoms with Crippen LogP contribution in [0.2, 0.25) is 0 Å². The quantitative estimate of drug-likeness (QED) is 0.460. The molecule has 0 nitrogen and oxygen atoms in total. The molecule has 0 aliphatic rings. The molecule has 1 aromatic carbocycles. The maximum atomic E-state index is 12.7. The molecule has 0 aliphatic heterocycles. The fourth-order valence-corrected chi connectivity index (χ4v) is 2.22. The maximum absolute atomic E-state index is 12.7. The first-order valence-corrected chi connectivity index (χ1v) is 6.04. The van der Waals surface area contributed by atoms with Crippen molar-refractivity contribution >= 4 is 24.4 Å². The van der Waals surface area contributed by atoms with Crippen LogP contribution in [0.5, 0.6) is 0 Å². The summed E-state index contributed by atoms with van der Waals surface area (Å²) in [7, 11) is 0. The van der Waals surface area contributed by atoms with E-state index in [4.69, 9.17) is 0 Å². The van der Waals surface area contributed by atoms with Crippen LogP contribution in [0, 0.1) is 11.6 Å². The van der Waals surface area contributed by atoms with Crippen molar-refractivity contribution in [3.63, 3.8) is 0 Å². The third kappa shape index (κ3) is 4.33. The molecule has 0 spiro atoms. The molecule has 1 aromatic rings. The second kappa shape index (κ2) is 6.30. The van der Waals surface area contributed by atoms with Gasteiger partial charge in [0.15, 0.2) is 0 Å². The summed E-state index contributed by atoms with van der Waals surface area (Å²) >= 11 is 5.56. The van der Waals surface area contributed by atoms with Gasteiger partial charge in [-0.2, -0.15) is 12.6 Å². The Balaban J connectivity index is 2.42. The number of halogens is 2. The molecule has 0 heterocycles. The Morgan fingerprint density at radius 2 is 1.71 bits per heavy atom. The van der Waals surface area contributed by atoms with Gasteiger partial charge in [-0.1, -0.05) is 0 Å². The molecule has 0 radical (unpaired) electrons. The summed E-state index contributed by atoms with van der Waals surface area (Å²) in [4.78, 5) is 0.654. The van der Waals surface area contributed by atoms with Gasteiger partial charge < -0.3 is 0 Å². The van der Waals surface area contributed by atoms with Gasteiger partial charge in [0.1, 0.15) is 11.6 Å². The van der Waals surface area contributed by atoms with Crippen molar-refractivity contribution in [1.82, 2.24) is 0 Å². The standard InChI is InChI=1S/C10H12F2S2/c11-8-5-9(12)7-10(6-8)14-4-2-1-3-13/h5-7,13H,1-4H2. The van der Waals surface area contributed by atoms with Gasteiger partial charge in [-0.05, 0) is 36.5 Å². The molecule has 1 rings (SSSR count). The van der Waals surface area contributed by atoms with Gasteiger partial charge >= 0.3 is 0 Å². The summed E-state index contributed by atoms with van der Waals surface area (Å²) in [6.45, 7) is 0. The Labute approximate surface area is 92.5 Å². The monoisotopic (exact) mass is 234 g/mol. The number of benzene rings is 1. The van der Waals surface area contributed by atoms with Crippen LogP contribution >= 0.6 is 24.4 Å². The number of thiol groups is 1. The Bertz CT molecular complexity index is 269. The van der Waals surface area contributed by atoms with Crippen molar-refractivity contribution in [3.05, 3.63) is 29.8 Å². The lowest BCUT2D eigenvalue weighted by Gasteiger charge is -2.01. The second-order valence-electron chi connectivity index (χ2n) is 2.88. The van der Waals surface area contributed by atoms with E-state index >= 15 is 0 Å². The van der Waals surface area contributed by atoms with Crippen LogP contribution < -0.4 is 0 Å². The van der Waals surface area contributed by atoms with Gasteiger partial charge in [-0.25, -0.2) is 8.78 Å². The highest BCUT2D eigenvalue weighted by Crippen LogP contribution is 2.21. The fourth-order valence-electron chi connectivity index (χ4n) is 1.02. The molecule has 0 saturated carbocycles. The van der Waals surface area contributed by atoms with Gasteiger partial charge in [0, 0.05) is 11.0 Å². The molecular formula is C10H12F2S2. The number of rotatable bonds is 5. The van der Waals surface area contributed by atoms with Crippen LogP contribution in [0.15, 0.2) is 23.1 Å². The number of unbranched alkanes of at least 4 members (excludes halogenated alkanes) is 1. The lowest BCUT2D eigenvalue weighted by Crippen LogP contribution is -1.85. The van der Waals surface area contributed by atoms with Gasteiger partial charge in [0.05, 0.1) is 0 Å². The summed E-state index contributed by atoms with van der Waals surface area (Å²) in [5, 5.41) is 0. The van der Waals surface area contributed by atoms with E-state index in [1.807, 2.05) is 0 Å². The van der Waals surface area contributed by atoms with Crippen LogP contribution in [-0.4, -0.2) is 11.5 Å². The molecule has 0 atom stereocenters. The number of hydrogen-bond donors (Lipinski definition) is 1. The lowest BCUT2D eigenvalue weighted by molar-refractivity contribution is 0.577. The molecular weight excluding hydrogens is 222 g/mol. The highest BCUT2D eigenvalue weighted by molar-refractivity contribution is 7.99. The van der Waals surface area contributed by atoms with Crippen molar-refractivity contribution in [3.8, 4) is 0 Å². The van der Waals surface area contributed by atoms with Crippen molar-refractivity contribution < 1.29 is 8.78 Å². The van der Waals surface area contributed by atoms with Crippen LogP contribution in [0.4, 0.5) is 8.78 Å². The largest absolute Gasteiger partial charge is 0.207 e. The third-order valence-electron chi connectivity index (χ3n) is 1.66. The molecule has 0 N–H and O–H groups in total. The highest BCUT2D eigenvalue weighted by Gasteiger charge is 2.00. The average Bonchev–Trinajstić information content (AvgIpc) is 2.11. The Morgan fingerprint density at radius 1 is 1.07 bits per heavy atom. The normalized spacial score (nSPS) is 10.5. The predicted octanol–water partition coefficient (Wildman–Crippen LogP) is 3.77. The van der Waals surface area contributed by atoms with Crippen molar-refractivity contribution in [2.45, 2.75) is 17.7 Å². The summed E-state index contributed by atoms with van der Waals surface area (Å²) in [6.07, 6.45) is 2.06. The van der Waals surface area contributed by atoms with Crippen LogP contribution in [0.1, 0.15) is 12.8 Å². The van der Waals surface area contributed by atoms with Crippen molar-refractivity contribution in [2.75, 3.05) is 11.5 Å². The Hall–Kier alpha value is -0.220. The van der Waals surface area contributed by atoms with Gasteiger partial charge in [0.25, 0.3) is 0 Å². The van der Waals surface area contributed by atoms with E-state index in [-0.39, 0.29) is 0 Å². The van der Waals surface area contributed by atoms with E-state index in [1.165, 1.54) is 23.9 Å². The van der Waals surface area contributed by atoms with Crippen LogP contribution in [0.25, 0.3) is 0 Å². The van der Waals surface area contributed by atoms with E-state index in [1.54, 1.807) is 0 Å². The maximum Gasteiger partial charge on any atom is 0.127 e. The molecule has 0 fully saturated rings. The first-order valence-electron chi connectivity index (χ1n) is 4.42. The molecule has 78 valence electrons. The van der Waals surface area contributed by atoms with Crippen molar-refractivity contribution in [2.24, 2.45) is 0 Å². The average molecular weight is 234 g/mol. The minimum atomic E-state index is -0.512. The Kier molecular flexibility index (Phi) is 5.33. The minimum absolute atomic E-state index is 0.512. The summed E-state index contributed by atoms with van der Waals surface area (Å²) in [5.41, 5.74) is 0. The zero-order valence-electron chi connectivity index (χ0n) is 7.67. The zero-order valence-corrected chi connectivity index (χ0v) is 9.38. The summed E-state index contributed by atoms with van der Waals surface area (Å²) < 4.78 is 25.5. The SMILES string of the molecule is Fc1cc(F)cc(SCCCCS)c1. The molecule has 0 unspecified atom stereocenters. The molecule has 4 heteroatoms. The third-order valence-corrected chi connectivity index (χ3v) is 3.04. The van der Waals surface area contributed by atoms with E-state index < -0.39 is 11.6 Å². The smallest absolute Gasteiger partial charge is 0.127 e.